The first-order valence-electron chi connectivity index (χ1n) is 5.38. The van der Waals surface area contributed by atoms with Crippen LogP contribution >= 0.6 is 11.6 Å². The molecule has 2 aromatic rings. The first-order valence-corrected chi connectivity index (χ1v) is 5.76. The third-order valence-electron chi connectivity index (χ3n) is 2.46. The molecule has 0 heterocycles. The van der Waals surface area contributed by atoms with E-state index in [4.69, 9.17) is 22.1 Å². The van der Waals surface area contributed by atoms with Gasteiger partial charge >= 0.3 is 0 Å². The Morgan fingerprint density at radius 1 is 1.18 bits per heavy atom. The van der Waals surface area contributed by atoms with Crippen LogP contribution in [0.5, 0.6) is 5.75 Å². The number of benzene rings is 2. The van der Waals surface area contributed by atoms with E-state index in [2.05, 4.69) is 0 Å². The molecule has 0 radical (unpaired) electrons. The van der Waals surface area contributed by atoms with E-state index in [1.54, 1.807) is 6.07 Å². The maximum Gasteiger partial charge on any atom is 0.121 e. The van der Waals surface area contributed by atoms with E-state index in [1.807, 2.05) is 43.3 Å². The number of nitrogen functional groups attached to an aromatic ring is 1. The fourth-order valence-electron chi connectivity index (χ4n) is 1.53. The van der Waals surface area contributed by atoms with Gasteiger partial charge in [0.2, 0.25) is 0 Å². The Balaban J connectivity index is 2.07. The second-order valence-corrected chi connectivity index (χ2v) is 4.36. The van der Waals surface area contributed by atoms with Crippen molar-refractivity contribution in [2.24, 2.45) is 0 Å². The van der Waals surface area contributed by atoms with Crippen molar-refractivity contribution >= 4 is 17.3 Å². The molecule has 0 saturated heterocycles. The molecule has 88 valence electrons. The van der Waals surface area contributed by atoms with E-state index in [0.29, 0.717) is 12.3 Å². The number of anilines is 1. The van der Waals surface area contributed by atoms with Gasteiger partial charge in [0.05, 0.1) is 0 Å². The number of rotatable bonds is 3. The zero-order chi connectivity index (χ0) is 12.3. The molecule has 0 aromatic heterocycles. The Morgan fingerprint density at radius 3 is 2.71 bits per heavy atom. The lowest BCUT2D eigenvalue weighted by molar-refractivity contribution is 0.306. The number of hydrogen-bond acceptors (Lipinski definition) is 2. The van der Waals surface area contributed by atoms with Crippen LogP contribution in [0.15, 0.2) is 42.5 Å². The summed E-state index contributed by atoms with van der Waals surface area (Å²) in [6.07, 6.45) is 0. The van der Waals surface area contributed by atoms with Crippen LogP contribution in [-0.2, 0) is 6.61 Å². The molecule has 0 aliphatic carbocycles. The molecule has 0 bridgehead atoms. The van der Waals surface area contributed by atoms with Gasteiger partial charge < -0.3 is 10.5 Å². The Morgan fingerprint density at radius 2 is 2.00 bits per heavy atom. The van der Waals surface area contributed by atoms with Crippen molar-refractivity contribution in [1.29, 1.82) is 0 Å². The number of hydrogen-bond donors (Lipinski definition) is 1. The molecule has 0 fully saturated rings. The van der Waals surface area contributed by atoms with Gasteiger partial charge in [-0.15, -0.1) is 0 Å². The fourth-order valence-corrected chi connectivity index (χ4v) is 1.82. The summed E-state index contributed by atoms with van der Waals surface area (Å²) in [6.45, 7) is 2.46. The lowest BCUT2D eigenvalue weighted by Crippen LogP contribution is -1.97. The molecule has 17 heavy (non-hydrogen) atoms. The average molecular weight is 248 g/mol. The molecule has 2 N–H and O–H groups in total. The molecule has 0 amide bonds. The number of halogens is 1. The van der Waals surface area contributed by atoms with Crippen LogP contribution < -0.4 is 10.5 Å². The van der Waals surface area contributed by atoms with Gasteiger partial charge in [-0.1, -0.05) is 29.8 Å². The molecule has 2 rings (SSSR count). The predicted octanol–water partition coefficient (Wildman–Crippen LogP) is 3.81. The maximum absolute atomic E-state index is 6.12. The van der Waals surface area contributed by atoms with Crippen LogP contribution in [0.1, 0.15) is 11.1 Å². The molecule has 0 saturated carbocycles. The van der Waals surface area contributed by atoms with Crippen molar-refractivity contribution in [3.8, 4) is 5.75 Å². The maximum atomic E-state index is 6.12. The zero-order valence-electron chi connectivity index (χ0n) is 9.61. The van der Waals surface area contributed by atoms with Crippen LogP contribution in [0, 0.1) is 6.92 Å². The predicted molar refractivity (Wildman–Crippen MR) is 71.4 cm³/mol. The smallest absolute Gasteiger partial charge is 0.121 e. The van der Waals surface area contributed by atoms with Gasteiger partial charge in [-0.3, -0.25) is 0 Å². The number of nitrogens with two attached hydrogens (primary N) is 1. The molecule has 3 heteroatoms. The van der Waals surface area contributed by atoms with Crippen molar-refractivity contribution in [3.05, 3.63) is 58.6 Å². The van der Waals surface area contributed by atoms with Crippen LogP contribution in [0.25, 0.3) is 0 Å². The minimum absolute atomic E-state index is 0.447. The molecule has 0 unspecified atom stereocenters. The van der Waals surface area contributed by atoms with Crippen LogP contribution in [0.4, 0.5) is 5.69 Å². The molecule has 0 aliphatic rings. The van der Waals surface area contributed by atoms with Gasteiger partial charge in [-0.25, -0.2) is 0 Å². The Bertz CT molecular complexity index is 525. The highest BCUT2D eigenvalue weighted by Crippen LogP contribution is 2.21. The van der Waals surface area contributed by atoms with Crippen molar-refractivity contribution in [2.45, 2.75) is 13.5 Å². The van der Waals surface area contributed by atoms with Gasteiger partial charge in [0.25, 0.3) is 0 Å². The number of aryl methyl sites for hydroxylation is 1. The number of ether oxygens (including phenoxy) is 1. The first kappa shape index (κ1) is 11.8. The highest BCUT2D eigenvalue weighted by Gasteiger charge is 2.01. The van der Waals surface area contributed by atoms with E-state index < -0.39 is 0 Å². The van der Waals surface area contributed by atoms with E-state index >= 15 is 0 Å². The van der Waals surface area contributed by atoms with Crippen molar-refractivity contribution in [2.75, 3.05) is 5.73 Å². The summed E-state index contributed by atoms with van der Waals surface area (Å²) in [4.78, 5) is 0. The molecule has 2 aromatic carbocycles. The third-order valence-corrected chi connectivity index (χ3v) is 2.81. The minimum Gasteiger partial charge on any atom is -0.489 e. The highest BCUT2D eigenvalue weighted by molar-refractivity contribution is 6.31. The highest BCUT2D eigenvalue weighted by atomic mass is 35.5. The zero-order valence-corrected chi connectivity index (χ0v) is 10.4. The first-order chi connectivity index (χ1) is 8.15. The topological polar surface area (TPSA) is 35.2 Å². The van der Waals surface area contributed by atoms with Crippen LogP contribution in [0.3, 0.4) is 0 Å². The summed E-state index contributed by atoms with van der Waals surface area (Å²) in [5.41, 5.74) is 8.48. The minimum atomic E-state index is 0.447. The average Bonchev–Trinajstić information content (AvgIpc) is 2.28. The lowest BCUT2D eigenvalue weighted by atomic mass is 10.1. The van der Waals surface area contributed by atoms with E-state index in [-0.39, 0.29) is 0 Å². The second-order valence-electron chi connectivity index (χ2n) is 3.96. The molecule has 0 atom stereocenters. The largest absolute Gasteiger partial charge is 0.489 e. The lowest BCUT2D eigenvalue weighted by Gasteiger charge is -2.08. The summed E-state index contributed by atoms with van der Waals surface area (Å²) in [7, 11) is 0. The molecular formula is C14H14ClNO. The normalized spacial score (nSPS) is 10.2. The summed E-state index contributed by atoms with van der Waals surface area (Å²) in [5.74, 6) is 0.752. The summed E-state index contributed by atoms with van der Waals surface area (Å²) in [6, 6.07) is 13.3. The van der Waals surface area contributed by atoms with E-state index in [0.717, 1.165) is 21.9 Å². The summed E-state index contributed by atoms with van der Waals surface area (Å²) >= 11 is 6.12. The third kappa shape index (κ3) is 3.14. The Hall–Kier alpha value is -1.67. The standard InChI is InChI=1S/C14H14ClNO/c1-10-5-6-11(14(15)7-10)9-17-13-4-2-3-12(16)8-13/h2-8H,9,16H2,1H3. The van der Waals surface area contributed by atoms with Crippen LogP contribution in [0.2, 0.25) is 5.02 Å². The van der Waals surface area contributed by atoms with Crippen molar-refractivity contribution in [1.82, 2.24) is 0 Å². The second kappa shape index (κ2) is 5.11. The Kier molecular flexibility index (Phi) is 3.55. The molecule has 0 aliphatic heterocycles. The van der Waals surface area contributed by atoms with Crippen molar-refractivity contribution < 1.29 is 4.74 Å². The molecule has 0 spiro atoms. The van der Waals surface area contributed by atoms with Crippen LogP contribution in [-0.4, -0.2) is 0 Å². The van der Waals surface area contributed by atoms with Gasteiger partial charge in [0.15, 0.2) is 0 Å². The molecular weight excluding hydrogens is 234 g/mol. The van der Waals surface area contributed by atoms with E-state index in [1.165, 1.54) is 0 Å². The SMILES string of the molecule is Cc1ccc(COc2cccc(N)c2)c(Cl)c1. The summed E-state index contributed by atoms with van der Waals surface area (Å²) < 4.78 is 5.63. The van der Waals surface area contributed by atoms with Gasteiger partial charge in [0.1, 0.15) is 12.4 Å². The summed E-state index contributed by atoms with van der Waals surface area (Å²) in [5, 5.41) is 0.730. The fraction of sp³-hybridized carbons (Fsp3) is 0.143. The van der Waals surface area contributed by atoms with Crippen molar-refractivity contribution in [3.63, 3.8) is 0 Å². The monoisotopic (exact) mass is 247 g/mol. The van der Waals surface area contributed by atoms with Gasteiger partial charge in [-0.05, 0) is 30.7 Å². The molecule has 2 nitrogen and oxygen atoms in total. The quantitative estimate of drug-likeness (QED) is 0.837. The Labute approximate surface area is 106 Å². The van der Waals surface area contributed by atoms with Gasteiger partial charge in [-0.2, -0.15) is 0 Å². The van der Waals surface area contributed by atoms with Gasteiger partial charge in [0, 0.05) is 22.3 Å². The van der Waals surface area contributed by atoms with E-state index in [9.17, 15) is 0 Å².